The van der Waals surface area contributed by atoms with Crippen LogP contribution < -0.4 is 4.72 Å². The fourth-order valence-corrected chi connectivity index (χ4v) is 3.96. The molecule has 2 rings (SSSR count). The van der Waals surface area contributed by atoms with Gasteiger partial charge in [-0.1, -0.05) is 12.1 Å². The lowest BCUT2D eigenvalue weighted by Gasteiger charge is -2.21. The molecule has 24 heavy (non-hydrogen) atoms. The van der Waals surface area contributed by atoms with Gasteiger partial charge < -0.3 is 4.90 Å². The number of hydrogen-bond donors (Lipinski definition) is 1. The van der Waals surface area contributed by atoms with Crippen molar-refractivity contribution in [3.8, 4) is 6.07 Å². The Morgan fingerprint density at radius 1 is 1.38 bits per heavy atom. The van der Waals surface area contributed by atoms with E-state index in [1.807, 2.05) is 12.1 Å². The molecule has 0 aliphatic carbocycles. The molecule has 0 radical (unpaired) electrons. The van der Waals surface area contributed by atoms with E-state index in [1.165, 1.54) is 11.0 Å². The lowest BCUT2D eigenvalue weighted by Crippen LogP contribution is -2.40. The summed E-state index contributed by atoms with van der Waals surface area (Å²) in [6, 6.07) is 8.65. The molecule has 0 saturated heterocycles. The molecule has 1 amide bonds. The molecule has 2 aromatic heterocycles. The third-order valence-electron chi connectivity index (χ3n) is 3.12. The Bertz CT molecular complexity index is 799. The smallest absolute Gasteiger partial charge is 0.250 e. The van der Waals surface area contributed by atoms with Gasteiger partial charge in [0.25, 0.3) is 10.0 Å². The first-order valence-corrected chi connectivity index (χ1v) is 9.46. The molecular formula is C15H16N4O3S2. The van der Waals surface area contributed by atoms with E-state index in [9.17, 15) is 13.2 Å². The van der Waals surface area contributed by atoms with Crippen LogP contribution >= 0.6 is 11.3 Å². The molecule has 7 nitrogen and oxygen atoms in total. The number of pyridine rings is 1. The number of sulfonamides is 1. The summed E-state index contributed by atoms with van der Waals surface area (Å²) in [6.45, 7) is 0.145. The molecule has 0 aliphatic rings. The Kier molecular flexibility index (Phi) is 6.43. The second-order valence-corrected chi connectivity index (χ2v) is 7.78. The predicted molar refractivity (Wildman–Crippen MR) is 89.4 cm³/mol. The zero-order chi connectivity index (χ0) is 17.4. The first-order chi connectivity index (χ1) is 11.5. The quantitative estimate of drug-likeness (QED) is 0.762. The van der Waals surface area contributed by atoms with Crippen LogP contribution in [0.25, 0.3) is 0 Å². The number of nitrogens with one attached hydrogen (secondary N) is 1. The SMILES string of the molecule is N#CCCN(Cc1cccnc1)C(=O)CNS(=O)(=O)c1cccs1. The molecule has 2 aromatic rings. The van der Waals surface area contributed by atoms with Crippen LogP contribution in [0.3, 0.4) is 0 Å². The zero-order valence-corrected chi connectivity index (χ0v) is 14.4. The van der Waals surface area contributed by atoms with Gasteiger partial charge in [0.2, 0.25) is 5.91 Å². The molecule has 9 heteroatoms. The maximum absolute atomic E-state index is 12.3. The Morgan fingerprint density at radius 3 is 2.83 bits per heavy atom. The number of rotatable bonds is 8. The fourth-order valence-electron chi connectivity index (χ4n) is 1.95. The first-order valence-electron chi connectivity index (χ1n) is 7.10. The molecule has 1 N–H and O–H groups in total. The highest BCUT2D eigenvalue weighted by molar-refractivity contribution is 7.91. The van der Waals surface area contributed by atoms with Crippen LogP contribution in [0.1, 0.15) is 12.0 Å². The summed E-state index contributed by atoms with van der Waals surface area (Å²) in [7, 11) is -3.70. The second kappa shape index (κ2) is 8.54. The van der Waals surface area contributed by atoms with Gasteiger partial charge in [0.05, 0.1) is 19.0 Å². The van der Waals surface area contributed by atoms with Gasteiger partial charge in [-0.15, -0.1) is 11.3 Å². The molecule has 0 saturated carbocycles. The highest BCUT2D eigenvalue weighted by Crippen LogP contribution is 2.15. The predicted octanol–water partition coefficient (Wildman–Crippen LogP) is 1.36. The number of hydrogen-bond acceptors (Lipinski definition) is 6. The average Bonchev–Trinajstić information content (AvgIpc) is 3.13. The van der Waals surface area contributed by atoms with E-state index >= 15 is 0 Å². The van der Waals surface area contributed by atoms with Crippen molar-refractivity contribution >= 4 is 27.3 Å². The van der Waals surface area contributed by atoms with Gasteiger partial charge in [-0.3, -0.25) is 9.78 Å². The molecule has 0 atom stereocenters. The molecular weight excluding hydrogens is 348 g/mol. The number of carbonyl (C=O) groups is 1. The van der Waals surface area contributed by atoms with Gasteiger partial charge in [-0.2, -0.15) is 5.26 Å². The summed E-state index contributed by atoms with van der Waals surface area (Å²) < 4.78 is 26.6. The van der Waals surface area contributed by atoms with Crippen molar-refractivity contribution in [3.63, 3.8) is 0 Å². The Labute approximate surface area is 144 Å². The summed E-state index contributed by atoms with van der Waals surface area (Å²) in [5.41, 5.74) is 0.810. The Morgan fingerprint density at radius 2 is 2.21 bits per heavy atom. The van der Waals surface area contributed by atoms with Crippen molar-refractivity contribution in [1.82, 2.24) is 14.6 Å². The van der Waals surface area contributed by atoms with Crippen LogP contribution in [0, 0.1) is 11.3 Å². The molecule has 2 heterocycles. The van der Waals surface area contributed by atoms with Gasteiger partial charge in [0, 0.05) is 25.5 Å². The number of amides is 1. The number of aromatic nitrogens is 1. The van der Waals surface area contributed by atoms with E-state index < -0.39 is 15.9 Å². The van der Waals surface area contributed by atoms with Crippen molar-refractivity contribution in [2.75, 3.05) is 13.1 Å². The maximum atomic E-state index is 12.3. The second-order valence-electron chi connectivity index (χ2n) is 4.84. The largest absolute Gasteiger partial charge is 0.336 e. The zero-order valence-electron chi connectivity index (χ0n) is 12.8. The van der Waals surface area contributed by atoms with E-state index in [-0.39, 0.29) is 30.3 Å². The van der Waals surface area contributed by atoms with E-state index in [4.69, 9.17) is 5.26 Å². The first kappa shape index (κ1) is 18.1. The number of thiophene rings is 1. The molecule has 0 unspecified atom stereocenters. The summed E-state index contributed by atoms with van der Waals surface area (Å²) in [5.74, 6) is -0.394. The van der Waals surface area contributed by atoms with Crippen LogP contribution in [0.4, 0.5) is 0 Å². The summed E-state index contributed by atoms with van der Waals surface area (Å²) in [4.78, 5) is 17.8. The van der Waals surface area contributed by atoms with Gasteiger partial charge >= 0.3 is 0 Å². The normalized spacial score (nSPS) is 11.0. The molecule has 0 aliphatic heterocycles. The van der Waals surface area contributed by atoms with Gasteiger partial charge in [-0.25, -0.2) is 13.1 Å². The maximum Gasteiger partial charge on any atom is 0.250 e. The number of carbonyl (C=O) groups excluding carboxylic acids is 1. The van der Waals surface area contributed by atoms with E-state index in [1.54, 1.807) is 29.9 Å². The number of nitriles is 1. The highest BCUT2D eigenvalue weighted by Gasteiger charge is 2.19. The minimum Gasteiger partial charge on any atom is -0.336 e. The third-order valence-corrected chi connectivity index (χ3v) is 5.91. The van der Waals surface area contributed by atoms with Crippen molar-refractivity contribution in [2.24, 2.45) is 0 Å². The highest BCUT2D eigenvalue weighted by atomic mass is 32.2. The molecule has 126 valence electrons. The number of nitrogens with zero attached hydrogens (tertiary/aromatic N) is 3. The van der Waals surface area contributed by atoms with E-state index in [0.717, 1.165) is 16.9 Å². The van der Waals surface area contributed by atoms with Crippen LogP contribution in [-0.4, -0.2) is 37.3 Å². The van der Waals surface area contributed by atoms with Crippen molar-refractivity contribution in [2.45, 2.75) is 17.2 Å². The van der Waals surface area contributed by atoms with Gasteiger partial charge in [-0.05, 0) is 23.1 Å². The van der Waals surface area contributed by atoms with Crippen molar-refractivity contribution in [1.29, 1.82) is 5.26 Å². The molecule has 0 fully saturated rings. The minimum absolute atomic E-state index is 0.158. The van der Waals surface area contributed by atoms with Crippen LogP contribution in [-0.2, 0) is 21.4 Å². The molecule has 0 aromatic carbocycles. The topological polar surface area (TPSA) is 103 Å². The summed E-state index contributed by atoms with van der Waals surface area (Å²) >= 11 is 1.08. The molecule has 0 bridgehead atoms. The van der Waals surface area contributed by atoms with Crippen molar-refractivity contribution < 1.29 is 13.2 Å². The van der Waals surface area contributed by atoms with Crippen LogP contribution in [0.15, 0.2) is 46.2 Å². The van der Waals surface area contributed by atoms with Crippen molar-refractivity contribution in [3.05, 3.63) is 47.6 Å². The summed E-state index contributed by atoms with van der Waals surface area (Å²) in [5, 5.41) is 10.4. The lowest BCUT2D eigenvalue weighted by molar-refractivity contribution is -0.130. The lowest BCUT2D eigenvalue weighted by atomic mass is 10.2. The van der Waals surface area contributed by atoms with Gasteiger partial charge in [0.15, 0.2) is 0 Å². The monoisotopic (exact) mass is 364 g/mol. The molecule has 0 spiro atoms. The minimum atomic E-state index is -3.70. The Hall–Kier alpha value is -2.28. The summed E-state index contributed by atoms with van der Waals surface area (Å²) in [6.07, 6.45) is 3.42. The van der Waals surface area contributed by atoms with Crippen LogP contribution in [0.5, 0.6) is 0 Å². The standard InChI is InChI=1S/C15H16N4O3S2/c16-6-3-8-19(12-13-4-1-7-17-10-13)14(20)11-18-24(21,22)15-5-2-9-23-15/h1-2,4-5,7,9-10,18H,3,8,11-12H2. The van der Waals surface area contributed by atoms with E-state index in [0.29, 0.717) is 0 Å². The Balaban J connectivity index is 2.01. The van der Waals surface area contributed by atoms with Gasteiger partial charge in [0.1, 0.15) is 4.21 Å². The third kappa shape index (κ3) is 5.13. The fraction of sp³-hybridized carbons (Fsp3) is 0.267. The van der Waals surface area contributed by atoms with Crippen LogP contribution in [0.2, 0.25) is 0 Å². The average molecular weight is 364 g/mol. The van der Waals surface area contributed by atoms with E-state index in [2.05, 4.69) is 9.71 Å².